The number of carboxylic acid groups (broad SMARTS) is 1. The van der Waals surface area contributed by atoms with Crippen molar-refractivity contribution in [3.8, 4) is 12.3 Å². The van der Waals surface area contributed by atoms with Gasteiger partial charge in [-0.2, -0.15) is 0 Å². The predicted molar refractivity (Wildman–Crippen MR) is 77.9 cm³/mol. The van der Waals surface area contributed by atoms with Crippen molar-refractivity contribution in [2.75, 3.05) is 0 Å². The normalized spacial score (nSPS) is 12.3. The fourth-order valence-corrected chi connectivity index (χ4v) is 1.72. The monoisotopic (exact) mass is 257 g/mol. The largest absolute Gasteiger partial charge is 0.478 e. The molecule has 0 fully saturated rings. The first-order chi connectivity index (χ1) is 9.08. The summed E-state index contributed by atoms with van der Waals surface area (Å²) in [5.74, 6) is 1.74. The number of unbranched alkanes of at least 4 members (excludes halogenated alkanes) is 1. The van der Waals surface area contributed by atoms with Crippen molar-refractivity contribution in [3.63, 3.8) is 0 Å². The summed E-state index contributed by atoms with van der Waals surface area (Å²) in [5, 5.41) is 8.89. The third-order valence-corrected chi connectivity index (χ3v) is 2.93. The smallest absolute Gasteiger partial charge is 0.335 e. The van der Waals surface area contributed by atoms with Crippen LogP contribution in [0.1, 0.15) is 47.7 Å². The zero-order valence-electron chi connectivity index (χ0n) is 11.4. The lowest BCUT2D eigenvalue weighted by Gasteiger charge is -2.05. The highest BCUT2D eigenvalue weighted by Crippen LogP contribution is 2.10. The van der Waals surface area contributed by atoms with E-state index in [4.69, 9.17) is 11.5 Å². The Morgan fingerprint density at radius 1 is 1.58 bits per heavy atom. The average molecular weight is 257 g/mol. The van der Waals surface area contributed by atoms with E-state index in [-0.39, 0.29) is 11.6 Å². The molecular weight excluding hydrogens is 238 g/mol. The number of rotatable bonds is 6. The number of hydrogen-bond acceptors (Lipinski definition) is 2. The molecule has 1 rings (SSSR count). The molecule has 0 amide bonds. The second-order valence-electron chi connectivity index (χ2n) is 4.48. The molecule has 0 aliphatic heterocycles. The highest BCUT2D eigenvalue weighted by molar-refractivity contribution is 5.90. The Hall–Kier alpha value is -2.08. The molecule has 1 aromatic rings. The molecule has 0 spiro atoms. The number of aliphatic imine (C=N–C) groups is 1. The first kappa shape index (κ1) is 15.0. The SMILES string of the molecule is C#CC(CCCC)N=Cc1ccc(C(=O)O)cc1C. The van der Waals surface area contributed by atoms with E-state index in [1.165, 1.54) is 0 Å². The molecule has 0 aliphatic carbocycles. The molecule has 19 heavy (non-hydrogen) atoms. The van der Waals surface area contributed by atoms with E-state index < -0.39 is 5.97 Å². The Bertz CT molecular complexity index is 512. The van der Waals surface area contributed by atoms with Gasteiger partial charge in [-0.3, -0.25) is 4.99 Å². The van der Waals surface area contributed by atoms with Crippen LogP contribution < -0.4 is 0 Å². The summed E-state index contributed by atoms with van der Waals surface area (Å²) in [4.78, 5) is 15.2. The lowest BCUT2D eigenvalue weighted by Crippen LogP contribution is -2.02. The summed E-state index contributed by atoms with van der Waals surface area (Å²) in [6.07, 6.45) is 10.2. The van der Waals surface area contributed by atoms with E-state index in [2.05, 4.69) is 17.8 Å². The number of terminal acetylenes is 1. The second kappa shape index (κ2) is 7.38. The van der Waals surface area contributed by atoms with Crippen molar-refractivity contribution in [2.45, 2.75) is 39.2 Å². The number of carbonyl (C=O) groups is 1. The Kier molecular flexibility index (Phi) is 5.81. The maximum absolute atomic E-state index is 10.8. The molecule has 0 heterocycles. The van der Waals surface area contributed by atoms with Gasteiger partial charge in [-0.1, -0.05) is 31.8 Å². The Morgan fingerprint density at radius 3 is 2.84 bits per heavy atom. The van der Waals surface area contributed by atoms with E-state index in [1.54, 1.807) is 24.4 Å². The van der Waals surface area contributed by atoms with Crippen LogP contribution in [0.15, 0.2) is 23.2 Å². The molecule has 1 atom stereocenters. The second-order valence-corrected chi connectivity index (χ2v) is 4.48. The molecule has 1 unspecified atom stereocenters. The van der Waals surface area contributed by atoms with Crippen LogP contribution in [-0.4, -0.2) is 23.3 Å². The highest BCUT2D eigenvalue weighted by Gasteiger charge is 2.05. The van der Waals surface area contributed by atoms with Crippen LogP contribution in [0.2, 0.25) is 0 Å². The highest BCUT2D eigenvalue weighted by atomic mass is 16.4. The molecule has 0 saturated carbocycles. The van der Waals surface area contributed by atoms with Crippen LogP contribution in [0, 0.1) is 19.3 Å². The molecule has 0 radical (unpaired) electrons. The Morgan fingerprint density at radius 2 is 2.32 bits per heavy atom. The van der Waals surface area contributed by atoms with Gasteiger partial charge in [-0.25, -0.2) is 4.79 Å². The van der Waals surface area contributed by atoms with E-state index in [0.717, 1.165) is 30.4 Å². The van der Waals surface area contributed by atoms with Crippen LogP contribution in [0.25, 0.3) is 0 Å². The summed E-state index contributed by atoms with van der Waals surface area (Å²) in [6.45, 7) is 3.98. The lowest BCUT2D eigenvalue weighted by atomic mass is 10.1. The van der Waals surface area contributed by atoms with Crippen molar-refractivity contribution >= 4 is 12.2 Å². The molecule has 1 N–H and O–H groups in total. The first-order valence-electron chi connectivity index (χ1n) is 6.41. The van der Waals surface area contributed by atoms with Gasteiger partial charge >= 0.3 is 5.97 Å². The number of aromatic carboxylic acids is 1. The maximum atomic E-state index is 10.8. The van der Waals surface area contributed by atoms with Gasteiger partial charge < -0.3 is 5.11 Å². The lowest BCUT2D eigenvalue weighted by molar-refractivity contribution is 0.0697. The van der Waals surface area contributed by atoms with Gasteiger partial charge in [0.2, 0.25) is 0 Å². The fourth-order valence-electron chi connectivity index (χ4n) is 1.72. The molecule has 0 bridgehead atoms. The summed E-state index contributed by atoms with van der Waals surface area (Å²) in [6, 6.07) is 4.88. The minimum absolute atomic E-state index is 0.0986. The van der Waals surface area contributed by atoms with Gasteiger partial charge in [0.05, 0.1) is 5.56 Å². The Labute approximate surface area is 114 Å². The van der Waals surface area contributed by atoms with E-state index in [1.807, 2.05) is 6.92 Å². The van der Waals surface area contributed by atoms with Crippen molar-refractivity contribution in [3.05, 3.63) is 34.9 Å². The quantitative estimate of drug-likeness (QED) is 0.628. The maximum Gasteiger partial charge on any atom is 0.335 e. The number of nitrogens with zero attached hydrogens (tertiary/aromatic N) is 1. The van der Waals surface area contributed by atoms with E-state index in [9.17, 15) is 4.79 Å². The van der Waals surface area contributed by atoms with Gasteiger partial charge in [-0.05, 0) is 36.6 Å². The van der Waals surface area contributed by atoms with Crippen molar-refractivity contribution in [2.24, 2.45) is 4.99 Å². The topological polar surface area (TPSA) is 49.7 Å². The molecule has 100 valence electrons. The first-order valence-corrected chi connectivity index (χ1v) is 6.41. The molecule has 3 heteroatoms. The predicted octanol–water partition coefficient (Wildman–Crippen LogP) is 3.30. The zero-order chi connectivity index (χ0) is 14.3. The third-order valence-electron chi connectivity index (χ3n) is 2.93. The van der Waals surface area contributed by atoms with Gasteiger partial charge in [0.25, 0.3) is 0 Å². The van der Waals surface area contributed by atoms with E-state index in [0.29, 0.717) is 0 Å². The van der Waals surface area contributed by atoms with Crippen molar-refractivity contribution in [1.29, 1.82) is 0 Å². The summed E-state index contributed by atoms with van der Waals surface area (Å²) in [7, 11) is 0. The minimum Gasteiger partial charge on any atom is -0.478 e. The van der Waals surface area contributed by atoms with E-state index >= 15 is 0 Å². The standard InChI is InChI=1S/C16H19NO2/c1-4-6-7-15(5-2)17-11-14-9-8-13(16(18)19)10-12(14)3/h2,8-11,15H,4,6-7H2,1,3H3,(H,18,19). The van der Waals surface area contributed by atoms with Crippen LogP contribution >= 0.6 is 0 Å². The Balaban J connectivity index is 2.81. The summed E-state index contributed by atoms with van der Waals surface area (Å²) < 4.78 is 0. The molecule has 3 nitrogen and oxygen atoms in total. The van der Waals surface area contributed by atoms with Gasteiger partial charge in [-0.15, -0.1) is 6.42 Å². The van der Waals surface area contributed by atoms with Crippen LogP contribution in [0.5, 0.6) is 0 Å². The van der Waals surface area contributed by atoms with Crippen LogP contribution in [-0.2, 0) is 0 Å². The number of benzene rings is 1. The molecular formula is C16H19NO2. The number of hydrogen-bond donors (Lipinski definition) is 1. The average Bonchev–Trinajstić information content (AvgIpc) is 2.40. The summed E-state index contributed by atoms with van der Waals surface area (Å²) >= 11 is 0. The zero-order valence-corrected chi connectivity index (χ0v) is 11.4. The molecule has 0 aliphatic rings. The molecule has 0 saturated heterocycles. The molecule has 0 aromatic heterocycles. The van der Waals surface area contributed by atoms with Gasteiger partial charge in [0.1, 0.15) is 6.04 Å². The molecule has 1 aromatic carbocycles. The fraction of sp³-hybridized carbons (Fsp3) is 0.375. The summed E-state index contributed by atoms with van der Waals surface area (Å²) in [5.41, 5.74) is 2.07. The van der Waals surface area contributed by atoms with Crippen LogP contribution in [0.3, 0.4) is 0 Å². The minimum atomic E-state index is -0.920. The van der Waals surface area contributed by atoms with Crippen LogP contribution in [0.4, 0.5) is 0 Å². The number of carboxylic acids is 1. The van der Waals surface area contributed by atoms with Gasteiger partial charge in [0.15, 0.2) is 0 Å². The van der Waals surface area contributed by atoms with Crippen molar-refractivity contribution < 1.29 is 9.90 Å². The third kappa shape index (κ3) is 4.59. The number of aryl methyl sites for hydroxylation is 1. The van der Waals surface area contributed by atoms with Crippen molar-refractivity contribution in [1.82, 2.24) is 0 Å². The van der Waals surface area contributed by atoms with Gasteiger partial charge in [0, 0.05) is 6.21 Å².